The normalized spacial score (nSPS) is 28.7. The molecule has 1 heterocycles. The van der Waals surface area contributed by atoms with Gasteiger partial charge in [0, 0.05) is 6.61 Å². The topological polar surface area (TPSA) is 29.5 Å². The van der Waals surface area contributed by atoms with E-state index in [-0.39, 0.29) is 11.7 Å². The lowest BCUT2D eigenvalue weighted by molar-refractivity contribution is -0.113. The van der Waals surface area contributed by atoms with Gasteiger partial charge in [0.15, 0.2) is 0 Å². The molecule has 1 saturated carbocycles. The molecule has 106 valence electrons. The standard InChI is InChI=1S/C16H30O2/c1-2-3-4-5-8-15(17)14-9-12-18-16(13-14)10-6-7-11-16/h14-15,17H,2-13H2,1H3. The Bertz CT molecular complexity index is 233. The van der Waals surface area contributed by atoms with E-state index < -0.39 is 0 Å². The summed E-state index contributed by atoms with van der Waals surface area (Å²) in [4.78, 5) is 0. The second-order valence-corrected chi connectivity index (χ2v) is 6.41. The average Bonchev–Trinajstić information content (AvgIpc) is 2.82. The molecule has 0 aromatic carbocycles. The Balaban J connectivity index is 1.74. The van der Waals surface area contributed by atoms with Crippen LogP contribution in [0.25, 0.3) is 0 Å². The van der Waals surface area contributed by atoms with E-state index in [0.29, 0.717) is 5.92 Å². The fraction of sp³-hybridized carbons (Fsp3) is 1.00. The van der Waals surface area contributed by atoms with Gasteiger partial charge in [-0.1, -0.05) is 45.4 Å². The van der Waals surface area contributed by atoms with Crippen LogP contribution in [0.4, 0.5) is 0 Å². The van der Waals surface area contributed by atoms with Crippen molar-refractivity contribution < 1.29 is 9.84 Å². The van der Waals surface area contributed by atoms with E-state index >= 15 is 0 Å². The SMILES string of the molecule is CCCCCCC(O)C1CCOC2(CCCC2)C1. The van der Waals surface area contributed by atoms with E-state index in [9.17, 15) is 5.11 Å². The van der Waals surface area contributed by atoms with Gasteiger partial charge in [-0.25, -0.2) is 0 Å². The van der Waals surface area contributed by atoms with Crippen LogP contribution in [0.3, 0.4) is 0 Å². The smallest absolute Gasteiger partial charge is 0.0686 e. The molecular weight excluding hydrogens is 224 g/mol. The maximum atomic E-state index is 10.4. The summed E-state index contributed by atoms with van der Waals surface area (Å²) in [6, 6.07) is 0. The van der Waals surface area contributed by atoms with E-state index in [4.69, 9.17) is 4.74 Å². The van der Waals surface area contributed by atoms with Crippen molar-refractivity contribution in [3.63, 3.8) is 0 Å². The lowest BCUT2D eigenvalue weighted by Crippen LogP contribution is -2.41. The van der Waals surface area contributed by atoms with Crippen LogP contribution >= 0.6 is 0 Å². The van der Waals surface area contributed by atoms with Crippen LogP contribution in [-0.2, 0) is 4.74 Å². The van der Waals surface area contributed by atoms with E-state index in [1.54, 1.807) is 0 Å². The number of ether oxygens (including phenoxy) is 1. The Labute approximate surface area is 112 Å². The van der Waals surface area contributed by atoms with Gasteiger partial charge in [-0.05, 0) is 38.0 Å². The van der Waals surface area contributed by atoms with Crippen molar-refractivity contribution in [2.24, 2.45) is 5.92 Å². The van der Waals surface area contributed by atoms with Crippen molar-refractivity contribution in [1.82, 2.24) is 0 Å². The zero-order valence-corrected chi connectivity index (χ0v) is 12.0. The molecule has 2 heteroatoms. The summed E-state index contributed by atoms with van der Waals surface area (Å²) in [6.45, 7) is 3.11. The molecule has 1 aliphatic heterocycles. The van der Waals surface area contributed by atoms with E-state index in [2.05, 4.69) is 6.92 Å². The van der Waals surface area contributed by atoms with Crippen LogP contribution < -0.4 is 0 Å². The Morgan fingerprint density at radius 1 is 1.22 bits per heavy atom. The Kier molecular flexibility index (Phi) is 5.50. The molecule has 1 N–H and O–H groups in total. The first-order chi connectivity index (χ1) is 8.76. The predicted molar refractivity (Wildman–Crippen MR) is 74.6 cm³/mol. The highest BCUT2D eigenvalue weighted by atomic mass is 16.5. The summed E-state index contributed by atoms with van der Waals surface area (Å²) >= 11 is 0. The molecule has 0 aromatic rings. The van der Waals surface area contributed by atoms with Crippen LogP contribution in [0.5, 0.6) is 0 Å². The first-order valence-electron chi connectivity index (χ1n) is 8.08. The molecule has 2 fully saturated rings. The highest BCUT2D eigenvalue weighted by molar-refractivity contribution is 4.92. The largest absolute Gasteiger partial charge is 0.393 e. The number of rotatable bonds is 6. The Hall–Kier alpha value is -0.0800. The Morgan fingerprint density at radius 3 is 2.72 bits per heavy atom. The van der Waals surface area contributed by atoms with Gasteiger partial charge < -0.3 is 9.84 Å². The zero-order chi connectivity index (χ0) is 12.8. The van der Waals surface area contributed by atoms with Crippen molar-refractivity contribution in [2.75, 3.05) is 6.61 Å². The Morgan fingerprint density at radius 2 is 2.00 bits per heavy atom. The van der Waals surface area contributed by atoms with Crippen molar-refractivity contribution in [1.29, 1.82) is 0 Å². The summed E-state index contributed by atoms with van der Waals surface area (Å²) in [5.74, 6) is 0.499. The molecule has 2 unspecified atom stereocenters. The number of hydrogen-bond donors (Lipinski definition) is 1. The van der Waals surface area contributed by atoms with Crippen molar-refractivity contribution in [2.45, 2.75) is 89.3 Å². The highest BCUT2D eigenvalue weighted by Gasteiger charge is 2.41. The molecule has 18 heavy (non-hydrogen) atoms. The lowest BCUT2D eigenvalue weighted by Gasteiger charge is -2.40. The summed E-state index contributed by atoms with van der Waals surface area (Å²) in [5.41, 5.74) is 0.160. The van der Waals surface area contributed by atoms with Crippen LogP contribution in [0.15, 0.2) is 0 Å². The maximum absolute atomic E-state index is 10.4. The molecule has 1 saturated heterocycles. The number of hydrogen-bond acceptors (Lipinski definition) is 2. The van der Waals surface area contributed by atoms with Crippen molar-refractivity contribution in [3.8, 4) is 0 Å². The van der Waals surface area contributed by atoms with Crippen molar-refractivity contribution in [3.05, 3.63) is 0 Å². The van der Waals surface area contributed by atoms with Gasteiger partial charge in [0.25, 0.3) is 0 Å². The van der Waals surface area contributed by atoms with E-state index in [1.165, 1.54) is 51.4 Å². The fourth-order valence-electron chi connectivity index (χ4n) is 3.78. The molecule has 2 rings (SSSR count). The molecule has 2 nitrogen and oxygen atoms in total. The van der Waals surface area contributed by atoms with E-state index in [1.807, 2.05) is 0 Å². The van der Waals surface area contributed by atoms with Gasteiger partial charge in [0.2, 0.25) is 0 Å². The monoisotopic (exact) mass is 254 g/mol. The summed E-state index contributed by atoms with van der Waals surface area (Å²) in [6.07, 6.45) is 13.3. The summed E-state index contributed by atoms with van der Waals surface area (Å²) in [5, 5.41) is 10.4. The highest BCUT2D eigenvalue weighted by Crippen LogP contribution is 2.43. The summed E-state index contributed by atoms with van der Waals surface area (Å²) < 4.78 is 6.04. The minimum atomic E-state index is -0.0803. The van der Waals surface area contributed by atoms with Crippen LogP contribution in [-0.4, -0.2) is 23.4 Å². The molecule has 1 aliphatic carbocycles. The van der Waals surface area contributed by atoms with Crippen LogP contribution in [0.1, 0.15) is 77.6 Å². The molecule has 2 aliphatic rings. The molecule has 1 spiro atoms. The molecule has 0 radical (unpaired) electrons. The maximum Gasteiger partial charge on any atom is 0.0686 e. The second kappa shape index (κ2) is 6.91. The quantitative estimate of drug-likeness (QED) is 0.724. The average molecular weight is 254 g/mol. The first kappa shape index (κ1) is 14.3. The molecule has 0 aromatic heterocycles. The minimum Gasteiger partial charge on any atom is -0.393 e. The third kappa shape index (κ3) is 3.71. The molecule has 2 atom stereocenters. The second-order valence-electron chi connectivity index (χ2n) is 6.41. The number of aliphatic hydroxyl groups is 1. The first-order valence-corrected chi connectivity index (χ1v) is 8.08. The number of aliphatic hydroxyl groups excluding tert-OH is 1. The minimum absolute atomic E-state index is 0.0803. The summed E-state index contributed by atoms with van der Waals surface area (Å²) in [7, 11) is 0. The van der Waals surface area contributed by atoms with Crippen LogP contribution in [0, 0.1) is 5.92 Å². The zero-order valence-electron chi connectivity index (χ0n) is 12.0. The fourth-order valence-corrected chi connectivity index (χ4v) is 3.78. The van der Waals surface area contributed by atoms with Gasteiger partial charge >= 0.3 is 0 Å². The number of unbranched alkanes of at least 4 members (excludes halogenated alkanes) is 3. The van der Waals surface area contributed by atoms with Gasteiger partial charge in [-0.3, -0.25) is 0 Å². The van der Waals surface area contributed by atoms with Gasteiger partial charge in [0.05, 0.1) is 11.7 Å². The third-order valence-corrected chi connectivity index (χ3v) is 4.94. The lowest BCUT2D eigenvalue weighted by atomic mass is 9.80. The third-order valence-electron chi connectivity index (χ3n) is 4.94. The van der Waals surface area contributed by atoms with Crippen LogP contribution in [0.2, 0.25) is 0 Å². The van der Waals surface area contributed by atoms with Gasteiger partial charge in [-0.2, -0.15) is 0 Å². The molecule has 0 bridgehead atoms. The van der Waals surface area contributed by atoms with E-state index in [0.717, 1.165) is 25.9 Å². The molecular formula is C16H30O2. The van der Waals surface area contributed by atoms with Crippen molar-refractivity contribution >= 4 is 0 Å². The molecule has 0 amide bonds. The predicted octanol–water partition coefficient (Wildman–Crippen LogP) is 4.06. The van der Waals surface area contributed by atoms with Gasteiger partial charge in [0.1, 0.15) is 0 Å². The van der Waals surface area contributed by atoms with Gasteiger partial charge in [-0.15, -0.1) is 0 Å².